The molecule has 1 amide bonds. The Labute approximate surface area is 139 Å². The van der Waals surface area contributed by atoms with Gasteiger partial charge in [-0.05, 0) is 37.1 Å². The Kier molecular flexibility index (Phi) is 4.77. The lowest BCUT2D eigenvalue weighted by Gasteiger charge is -2.03. The summed E-state index contributed by atoms with van der Waals surface area (Å²) in [6.07, 6.45) is 2.41. The molecule has 2 aromatic rings. The summed E-state index contributed by atoms with van der Waals surface area (Å²) in [6, 6.07) is 8.06. The topological polar surface area (TPSA) is 66.9 Å². The van der Waals surface area contributed by atoms with Crippen molar-refractivity contribution in [3.05, 3.63) is 28.7 Å². The van der Waals surface area contributed by atoms with E-state index in [1.165, 1.54) is 35.9 Å². The molecular weight excluding hydrogens is 372 g/mol. The van der Waals surface area contributed by atoms with Crippen molar-refractivity contribution in [1.82, 2.24) is 10.2 Å². The van der Waals surface area contributed by atoms with Gasteiger partial charge in [-0.25, -0.2) is 0 Å². The summed E-state index contributed by atoms with van der Waals surface area (Å²) >= 11 is 6.26. The number of anilines is 2. The highest BCUT2D eigenvalue weighted by molar-refractivity contribution is 9.10. The first kappa shape index (κ1) is 14.8. The fraction of sp³-hybridized carbons (Fsp3) is 0.308. The van der Waals surface area contributed by atoms with Gasteiger partial charge in [0.25, 0.3) is 0 Å². The zero-order chi connectivity index (χ0) is 14.7. The normalized spacial score (nSPS) is 14.0. The van der Waals surface area contributed by atoms with Crippen LogP contribution in [0.4, 0.5) is 10.8 Å². The number of carbonyl (C=O) groups excluding carboxylic acids is 1. The maximum absolute atomic E-state index is 11.9. The lowest BCUT2D eigenvalue weighted by atomic mass is 10.3. The molecule has 0 atom stereocenters. The summed E-state index contributed by atoms with van der Waals surface area (Å²) in [6.45, 7) is 0. The Morgan fingerprint density at radius 3 is 2.81 bits per heavy atom. The molecule has 0 bridgehead atoms. The average Bonchev–Trinajstić information content (AvgIpc) is 3.16. The number of thioether (sulfide) groups is 1. The minimum Gasteiger partial charge on any atom is -0.357 e. The molecule has 1 fully saturated rings. The van der Waals surface area contributed by atoms with Gasteiger partial charge in [0, 0.05) is 16.2 Å². The van der Waals surface area contributed by atoms with Gasteiger partial charge in [0.15, 0.2) is 4.34 Å². The molecule has 5 nitrogen and oxygen atoms in total. The number of carbonyl (C=O) groups is 1. The van der Waals surface area contributed by atoms with Crippen molar-refractivity contribution in [2.45, 2.75) is 23.2 Å². The third-order valence-electron chi connectivity index (χ3n) is 2.77. The maximum atomic E-state index is 11.9. The number of hydrogen-bond donors (Lipinski definition) is 2. The molecular formula is C13H13BrN4OS2. The van der Waals surface area contributed by atoms with Gasteiger partial charge >= 0.3 is 0 Å². The van der Waals surface area contributed by atoms with Crippen LogP contribution in [0.15, 0.2) is 33.1 Å². The highest BCUT2D eigenvalue weighted by Crippen LogP contribution is 2.30. The van der Waals surface area contributed by atoms with E-state index in [1.807, 2.05) is 24.3 Å². The van der Waals surface area contributed by atoms with Crippen molar-refractivity contribution in [3.63, 3.8) is 0 Å². The highest BCUT2D eigenvalue weighted by atomic mass is 79.9. The molecule has 0 spiro atoms. The highest BCUT2D eigenvalue weighted by Gasteiger charge is 2.22. The van der Waals surface area contributed by atoms with Crippen LogP contribution in [0.25, 0.3) is 0 Å². The minimum atomic E-state index is -0.0470. The predicted molar refractivity (Wildman–Crippen MR) is 90.0 cm³/mol. The molecule has 2 N–H and O–H groups in total. The summed E-state index contributed by atoms with van der Waals surface area (Å²) in [5, 5.41) is 15.1. The van der Waals surface area contributed by atoms with E-state index in [0.29, 0.717) is 11.8 Å². The van der Waals surface area contributed by atoms with Crippen LogP contribution in [0.2, 0.25) is 0 Å². The van der Waals surface area contributed by atoms with E-state index in [0.717, 1.165) is 19.6 Å². The largest absolute Gasteiger partial charge is 0.357 e. The van der Waals surface area contributed by atoms with Crippen molar-refractivity contribution in [1.29, 1.82) is 0 Å². The van der Waals surface area contributed by atoms with E-state index in [1.54, 1.807) is 0 Å². The van der Waals surface area contributed by atoms with Crippen LogP contribution in [0, 0.1) is 0 Å². The molecule has 1 aliphatic rings. The molecule has 1 aromatic carbocycles. The lowest BCUT2D eigenvalue weighted by Crippen LogP contribution is -2.13. The Hall–Kier alpha value is -1.12. The summed E-state index contributed by atoms with van der Waals surface area (Å²) < 4.78 is 1.79. The van der Waals surface area contributed by atoms with Gasteiger partial charge in [-0.3, -0.25) is 4.79 Å². The Bertz CT molecular complexity index is 627. The number of hydrogen-bond acceptors (Lipinski definition) is 6. The first-order valence-electron chi connectivity index (χ1n) is 6.47. The predicted octanol–water partition coefficient (Wildman–Crippen LogP) is 3.61. The number of nitrogens with zero attached hydrogens (tertiary/aromatic N) is 2. The van der Waals surface area contributed by atoms with Gasteiger partial charge in [0.2, 0.25) is 11.0 Å². The Morgan fingerprint density at radius 1 is 1.33 bits per heavy atom. The summed E-state index contributed by atoms with van der Waals surface area (Å²) in [5.74, 6) is 0.280. The molecule has 1 aromatic heterocycles. The number of halogens is 1. The summed E-state index contributed by atoms with van der Waals surface area (Å²) in [4.78, 5) is 11.9. The van der Waals surface area contributed by atoms with Crippen LogP contribution < -0.4 is 10.6 Å². The Balaban J connectivity index is 1.46. The summed E-state index contributed by atoms with van der Waals surface area (Å²) in [5.41, 5.74) is 0.789. The number of rotatable bonds is 6. The SMILES string of the molecule is O=C(CSc1nnc(NC2CC2)s1)Nc1ccc(Br)cc1. The van der Waals surface area contributed by atoms with Crippen LogP contribution in [0.1, 0.15) is 12.8 Å². The van der Waals surface area contributed by atoms with Crippen molar-refractivity contribution >= 4 is 55.8 Å². The third kappa shape index (κ3) is 4.69. The summed E-state index contributed by atoms with van der Waals surface area (Å²) in [7, 11) is 0. The van der Waals surface area contributed by atoms with Crippen LogP contribution >= 0.6 is 39.0 Å². The second-order valence-electron chi connectivity index (χ2n) is 4.64. The van der Waals surface area contributed by atoms with Crippen molar-refractivity contribution in [2.75, 3.05) is 16.4 Å². The molecule has 8 heteroatoms. The molecule has 0 unspecified atom stereocenters. The van der Waals surface area contributed by atoms with Crippen LogP contribution in [0.3, 0.4) is 0 Å². The maximum Gasteiger partial charge on any atom is 0.234 e. The van der Waals surface area contributed by atoms with Crippen molar-refractivity contribution in [3.8, 4) is 0 Å². The zero-order valence-corrected chi connectivity index (χ0v) is 14.2. The van der Waals surface area contributed by atoms with E-state index in [-0.39, 0.29) is 5.91 Å². The van der Waals surface area contributed by atoms with Gasteiger partial charge in [-0.1, -0.05) is 39.0 Å². The fourth-order valence-electron chi connectivity index (χ4n) is 1.59. The molecule has 1 aliphatic carbocycles. The fourth-order valence-corrected chi connectivity index (χ4v) is 3.48. The molecule has 21 heavy (non-hydrogen) atoms. The molecule has 110 valence electrons. The van der Waals surface area contributed by atoms with Gasteiger partial charge in [0.05, 0.1) is 5.75 Å². The minimum absolute atomic E-state index is 0.0470. The van der Waals surface area contributed by atoms with Gasteiger partial charge in [0.1, 0.15) is 0 Å². The molecule has 1 heterocycles. The lowest BCUT2D eigenvalue weighted by molar-refractivity contribution is -0.113. The van der Waals surface area contributed by atoms with Gasteiger partial charge < -0.3 is 10.6 Å². The second-order valence-corrected chi connectivity index (χ2v) is 7.75. The quantitative estimate of drug-likeness (QED) is 0.744. The van der Waals surface area contributed by atoms with Crippen LogP contribution in [-0.2, 0) is 4.79 Å². The molecule has 0 saturated heterocycles. The number of nitrogens with one attached hydrogen (secondary N) is 2. The monoisotopic (exact) mass is 384 g/mol. The van der Waals surface area contributed by atoms with Gasteiger partial charge in [-0.15, -0.1) is 10.2 Å². The standard InChI is InChI=1S/C13H13BrN4OS2/c14-8-1-3-9(4-2-8)15-11(19)7-20-13-18-17-12(21-13)16-10-5-6-10/h1-4,10H,5-7H2,(H,15,19)(H,16,17). The van der Waals surface area contributed by atoms with E-state index < -0.39 is 0 Å². The number of aromatic nitrogens is 2. The molecule has 1 saturated carbocycles. The van der Waals surface area contributed by atoms with Gasteiger partial charge in [-0.2, -0.15) is 0 Å². The number of benzene rings is 1. The number of amides is 1. The first-order chi connectivity index (χ1) is 10.2. The average molecular weight is 385 g/mol. The first-order valence-corrected chi connectivity index (χ1v) is 9.07. The van der Waals surface area contributed by atoms with Crippen molar-refractivity contribution in [2.24, 2.45) is 0 Å². The van der Waals surface area contributed by atoms with E-state index in [4.69, 9.17) is 0 Å². The molecule has 0 aliphatic heterocycles. The second kappa shape index (κ2) is 6.76. The van der Waals surface area contributed by atoms with E-state index in [2.05, 4.69) is 36.8 Å². The van der Waals surface area contributed by atoms with Crippen molar-refractivity contribution < 1.29 is 4.79 Å². The molecule has 0 radical (unpaired) electrons. The smallest absolute Gasteiger partial charge is 0.234 e. The van der Waals surface area contributed by atoms with E-state index >= 15 is 0 Å². The van der Waals surface area contributed by atoms with Crippen LogP contribution in [-0.4, -0.2) is 27.9 Å². The third-order valence-corrected chi connectivity index (χ3v) is 5.28. The Morgan fingerprint density at radius 2 is 2.10 bits per heavy atom. The zero-order valence-electron chi connectivity index (χ0n) is 11.0. The van der Waals surface area contributed by atoms with E-state index in [9.17, 15) is 4.79 Å². The molecule has 3 rings (SSSR count). The van der Waals surface area contributed by atoms with Crippen LogP contribution in [0.5, 0.6) is 0 Å².